The Hall–Kier alpha value is -6.06. The SMILES string of the molecule is [2H]c1c([2H])c([2H])c2c(c1[2H])c1c([2H])c([2H])c([2H])c([2H])c1n2-c1ccc2c(c1)c1cc(-n3c4c([2H])c([2H])c([2H])c([2H])c4c4c([2H])c([2H])c([2H])c([2H])c43)ccc1n2-c1ccccc1. The van der Waals surface area contributed by atoms with Gasteiger partial charge in [0, 0.05) is 49.4 Å². The minimum absolute atomic E-state index is 0.0478. The van der Waals surface area contributed by atoms with Gasteiger partial charge in [0.05, 0.1) is 55.0 Å². The maximum atomic E-state index is 9.03. The van der Waals surface area contributed by atoms with E-state index in [0.29, 0.717) is 33.2 Å². The fraction of sp³-hybridized carbons (Fsp3) is 0. The second-order valence-electron chi connectivity index (χ2n) is 10.6. The summed E-state index contributed by atoms with van der Waals surface area (Å²) in [5, 5.41) is 0.870. The molecule has 7 aromatic carbocycles. The Bertz CT molecular complexity index is 3290. The number of fused-ring (bicyclic) bond motifs is 9. The van der Waals surface area contributed by atoms with E-state index in [1.165, 1.54) is 9.13 Å². The molecule has 0 amide bonds. The monoisotopic (exact) mass is 589 g/mol. The highest BCUT2D eigenvalue weighted by atomic mass is 15.0. The molecule has 0 aliphatic rings. The van der Waals surface area contributed by atoms with E-state index < -0.39 is 96.7 Å². The quantitative estimate of drug-likeness (QED) is 0.195. The second-order valence-corrected chi connectivity index (χ2v) is 10.6. The van der Waals surface area contributed by atoms with Crippen molar-refractivity contribution >= 4 is 65.4 Å². The van der Waals surface area contributed by atoms with Crippen molar-refractivity contribution in [3.63, 3.8) is 0 Å². The molecule has 3 heteroatoms. The first-order chi connectivity index (χ1) is 29.0. The van der Waals surface area contributed by atoms with Gasteiger partial charge in [-0.1, -0.05) is 90.7 Å². The summed E-state index contributed by atoms with van der Waals surface area (Å²) in [7, 11) is 0. The van der Waals surface area contributed by atoms with E-state index in [1.807, 2.05) is 34.9 Å². The van der Waals surface area contributed by atoms with Gasteiger partial charge in [-0.25, -0.2) is 0 Å². The van der Waals surface area contributed by atoms with Gasteiger partial charge in [0.15, 0.2) is 0 Å². The number of hydrogen-bond acceptors (Lipinski definition) is 0. The third-order valence-electron chi connectivity index (χ3n) is 8.33. The van der Waals surface area contributed by atoms with Crippen LogP contribution in [0.2, 0.25) is 0 Å². The predicted molar refractivity (Wildman–Crippen MR) is 189 cm³/mol. The number of aromatic nitrogens is 3. The fourth-order valence-corrected chi connectivity index (χ4v) is 6.49. The highest BCUT2D eigenvalue weighted by Crippen LogP contribution is 2.39. The van der Waals surface area contributed by atoms with Gasteiger partial charge >= 0.3 is 0 Å². The molecular formula is C42H27N3. The van der Waals surface area contributed by atoms with Crippen molar-refractivity contribution in [3.05, 3.63) is 163 Å². The Balaban J connectivity index is 1.38. The minimum Gasteiger partial charge on any atom is -0.309 e. The maximum absolute atomic E-state index is 9.03. The molecule has 10 aromatic rings. The van der Waals surface area contributed by atoms with Gasteiger partial charge < -0.3 is 13.7 Å². The minimum atomic E-state index is -0.558. The predicted octanol–water partition coefficient (Wildman–Crippen LogP) is 11.0. The van der Waals surface area contributed by atoms with Crippen LogP contribution >= 0.6 is 0 Å². The van der Waals surface area contributed by atoms with E-state index in [2.05, 4.69) is 0 Å². The molecule has 0 spiro atoms. The van der Waals surface area contributed by atoms with Gasteiger partial charge in [-0.2, -0.15) is 0 Å². The molecule has 210 valence electrons. The van der Waals surface area contributed by atoms with E-state index >= 15 is 0 Å². The number of nitrogens with zero attached hydrogens (tertiary/aromatic N) is 3. The molecule has 0 atom stereocenters. The average Bonchev–Trinajstić information content (AvgIpc) is 3.93. The molecule has 0 bridgehead atoms. The van der Waals surface area contributed by atoms with Crippen molar-refractivity contribution in [1.82, 2.24) is 13.7 Å². The molecule has 45 heavy (non-hydrogen) atoms. The number of para-hydroxylation sites is 5. The van der Waals surface area contributed by atoms with E-state index in [4.69, 9.17) is 21.9 Å². The molecule has 3 aromatic heterocycles. The van der Waals surface area contributed by atoms with Crippen LogP contribution in [0.15, 0.2) is 163 Å². The molecule has 0 radical (unpaired) electrons. The van der Waals surface area contributed by atoms with E-state index in [9.17, 15) is 0 Å². The first kappa shape index (κ1) is 13.7. The fourth-order valence-electron chi connectivity index (χ4n) is 6.49. The summed E-state index contributed by atoms with van der Waals surface area (Å²) in [6, 6.07) is 11.8. The molecule has 0 N–H and O–H groups in total. The Morgan fingerprint density at radius 3 is 1.07 bits per heavy atom. The Morgan fingerprint density at radius 2 is 0.667 bits per heavy atom. The summed E-state index contributed by atoms with van der Waals surface area (Å²) >= 11 is 0. The molecule has 0 saturated heterocycles. The number of hydrogen-bond donors (Lipinski definition) is 0. The molecule has 0 unspecified atom stereocenters. The van der Waals surface area contributed by atoms with E-state index in [0.717, 1.165) is 5.69 Å². The van der Waals surface area contributed by atoms with Crippen molar-refractivity contribution in [2.45, 2.75) is 0 Å². The molecule has 0 fully saturated rings. The molecule has 0 aliphatic heterocycles. The van der Waals surface area contributed by atoms with Crippen LogP contribution in [0, 0.1) is 0 Å². The normalized spacial score (nSPS) is 17.0. The number of rotatable bonds is 3. The Labute approximate surface area is 281 Å². The van der Waals surface area contributed by atoms with Crippen molar-refractivity contribution in [3.8, 4) is 17.1 Å². The van der Waals surface area contributed by atoms with Crippen LogP contribution in [-0.4, -0.2) is 13.7 Å². The molecule has 3 nitrogen and oxygen atoms in total. The molecule has 3 heterocycles. The lowest BCUT2D eigenvalue weighted by Gasteiger charge is -2.10. The molecule has 10 rings (SSSR count). The zero-order chi connectivity index (χ0) is 43.4. The van der Waals surface area contributed by atoms with Crippen LogP contribution in [0.25, 0.3) is 82.5 Å². The zero-order valence-electron chi connectivity index (χ0n) is 39.2. The van der Waals surface area contributed by atoms with Gasteiger partial charge in [-0.3, -0.25) is 0 Å². The average molecular weight is 590 g/mol. The molecule has 0 aliphatic carbocycles. The number of benzene rings is 7. The summed E-state index contributed by atoms with van der Waals surface area (Å²) in [6.07, 6.45) is 0. The van der Waals surface area contributed by atoms with Crippen molar-refractivity contribution in [2.24, 2.45) is 0 Å². The van der Waals surface area contributed by atoms with Crippen LogP contribution in [0.3, 0.4) is 0 Å². The lowest BCUT2D eigenvalue weighted by molar-refractivity contribution is 1.16. The van der Waals surface area contributed by atoms with E-state index in [-0.39, 0.29) is 43.6 Å². The summed E-state index contributed by atoms with van der Waals surface area (Å²) < 4.78 is 144. The lowest BCUT2D eigenvalue weighted by atomic mass is 10.1. The van der Waals surface area contributed by atoms with Gasteiger partial charge in [0.2, 0.25) is 0 Å². The maximum Gasteiger partial charge on any atom is 0.0645 e. The lowest BCUT2D eigenvalue weighted by Crippen LogP contribution is -1.96. The highest BCUT2D eigenvalue weighted by Gasteiger charge is 2.18. The Morgan fingerprint density at radius 1 is 0.311 bits per heavy atom. The standard InChI is InChI=1S/C42H27N3/c1-2-12-28(13-3-1)43-41-24-22-29(44-37-18-8-4-14-31(37)32-15-5-9-19-38(32)44)26-35(41)36-27-30(23-25-42(36)43)45-39-20-10-6-16-33(39)34-17-7-11-21-40(34)45/h1-27H/i4D,5D,6D,7D,8D,9D,10D,11D,14D,15D,16D,17D,18D,19D,20D,21D. The van der Waals surface area contributed by atoms with Gasteiger partial charge in [-0.15, -0.1) is 0 Å². The smallest absolute Gasteiger partial charge is 0.0645 e. The van der Waals surface area contributed by atoms with Gasteiger partial charge in [0.1, 0.15) is 0 Å². The summed E-state index contributed by atoms with van der Waals surface area (Å²) in [5.74, 6) is 0. The largest absolute Gasteiger partial charge is 0.309 e. The Kier molecular flexibility index (Phi) is 2.81. The molecular weight excluding hydrogens is 546 g/mol. The summed E-state index contributed by atoms with van der Waals surface area (Å²) in [5.41, 5.74) is 2.52. The summed E-state index contributed by atoms with van der Waals surface area (Å²) in [4.78, 5) is 0. The van der Waals surface area contributed by atoms with Gasteiger partial charge in [-0.05, 0) is 72.7 Å². The van der Waals surface area contributed by atoms with Crippen molar-refractivity contribution in [2.75, 3.05) is 0 Å². The van der Waals surface area contributed by atoms with E-state index in [1.54, 1.807) is 36.4 Å². The van der Waals surface area contributed by atoms with Crippen LogP contribution < -0.4 is 0 Å². The first-order valence-electron chi connectivity index (χ1n) is 22.1. The first-order valence-corrected chi connectivity index (χ1v) is 14.1. The molecule has 0 saturated carbocycles. The van der Waals surface area contributed by atoms with Crippen LogP contribution in [0.4, 0.5) is 0 Å². The zero-order valence-corrected chi connectivity index (χ0v) is 23.2. The van der Waals surface area contributed by atoms with Crippen LogP contribution in [-0.2, 0) is 0 Å². The topological polar surface area (TPSA) is 14.8 Å². The second kappa shape index (κ2) is 9.22. The van der Waals surface area contributed by atoms with Crippen LogP contribution in [0.5, 0.6) is 0 Å². The highest BCUT2D eigenvalue weighted by molar-refractivity contribution is 6.14. The van der Waals surface area contributed by atoms with Crippen molar-refractivity contribution < 1.29 is 21.9 Å². The third-order valence-corrected chi connectivity index (χ3v) is 8.33. The van der Waals surface area contributed by atoms with Gasteiger partial charge in [0.25, 0.3) is 0 Å². The third kappa shape index (κ3) is 3.41. The van der Waals surface area contributed by atoms with Crippen molar-refractivity contribution in [1.29, 1.82) is 0 Å². The van der Waals surface area contributed by atoms with Crippen LogP contribution in [0.1, 0.15) is 21.9 Å². The summed E-state index contributed by atoms with van der Waals surface area (Å²) in [6.45, 7) is 0.